The maximum atomic E-state index is 12.8. The first-order chi connectivity index (χ1) is 17.6. The van der Waals surface area contributed by atoms with Crippen molar-refractivity contribution in [3.05, 3.63) is 89.5 Å². The standard InChI is InChI=1S/C27H26N6O3/c1-36-22-9-7-21(8-10-22)23-11-12-25(30-29-23)31-13-15-32(16-14-31)27(35)18-33-19-28-24(17-26(33)34)20-5-3-2-4-6-20/h2-12,17,19H,13-16,18H2,1H3. The van der Waals surface area contributed by atoms with Crippen LogP contribution in [0.15, 0.2) is 83.9 Å². The molecule has 0 saturated carbocycles. The topological polar surface area (TPSA) is 93.5 Å². The van der Waals surface area contributed by atoms with Gasteiger partial charge in [0, 0.05) is 43.4 Å². The Labute approximate surface area is 208 Å². The molecular formula is C27H26N6O3. The number of hydrogen-bond acceptors (Lipinski definition) is 7. The predicted molar refractivity (Wildman–Crippen MR) is 137 cm³/mol. The summed E-state index contributed by atoms with van der Waals surface area (Å²) >= 11 is 0. The number of anilines is 1. The molecule has 0 atom stereocenters. The Bertz CT molecular complexity index is 1380. The molecule has 9 heteroatoms. The molecule has 5 rings (SSSR count). The highest BCUT2D eigenvalue weighted by Crippen LogP contribution is 2.22. The van der Waals surface area contributed by atoms with E-state index < -0.39 is 0 Å². The molecule has 1 amide bonds. The zero-order valence-corrected chi connectivity index (χ0v) is 19.9. The van der Waals surface area contributed by atoms with Crippen molar-refractivity contribution < 1.29 is 9.53 Å². The lowest BCUT2D eigenvalue weighted by molar-refractivity contribution is -0.132. The monoisotopic (exact) mass is 482 g/mol. The van der Waals surface area contributed by atoms with Crippen molar-refractivity contribution in [2.75, 3.05) is 38.2 Å². The Morgan fingerprint density at radius 3 is 2.22 bits per heavy atom. The predicted octanol–water partition coefficient (Wildman–Crippen LogP) is 2.72. The number of amides is 1. The second-order valence-electron chi connectivity index (χ2n) is 8.48. The molecular weight excluding hydrogens is 456 g/mol. The van der Waals surface area contributed by atoms with Gasteiger partial charge in [0.05, 0.1) is 24.8 Å². The largest absolute Gasteiger partial charge is 0.497 e. The van der Waals surface area contributed by atoms with E-state index in [1.165, 1.54) is 17.0 Å². The summed E-state index contributed by atoms with van der Waals surface area (Å²) in [4.78, 5) is 33.6. The van der Waals surface area contributed by atoms with Crippen LogP contribution in [0.3, 0.4) is 0 Å². The molecule has 4 aromatic rings. The molecule has 0 unspecified atom stereocenters. The summed E-state index contributed by atoms with van der Waals surface area (Å²) in [5.41, 5.74) is 2.96. The number of hydrogen-bond donors (Lipinski definition) is 0. The van der Waals surface area contributed by atoms with Crippen LogP contribution in [0.25, 0.3) is 22.5 Å². The number of carbonyl (C=O) groups is 1. The summed E-state index contributed by atoms with van der Waals surface area (Å²) in [6, 6.07) is 22.5. The second kappa shape index (κ2) is 10.4. The molecule has 0 radical (unpaired) electrons. The van der Waals surface area contributed by atoms with Crippen LogP contribution in [0.5, 0.6) is 5.75 Å². The maximum Gasteiger partial charge on any atom is 0.254 e. The number of aromatic nitrogens is 4. The van der Waals surface area contributed by atoms with Gasteiger partial charge in [-0.3, -0.25) is 14.2 Å². The number of ether oxygens (including phenoxy) is 1. The van der Waals surface area contributed by atoms with Gasteiger partial charge in [-0.05, 0) is 36.4 Å². The van der Waals surface area contributed by atoms with Crippen molar-refractivity contribution in [3.8, 4) is 28.3 Å². The van der Waals surface area contributed by atoms with Crippen LogP contribution in [-0.4, -0.2) is 63.8 Å². The van der Waals surface area contributed by atoms with Gasteiger partial charge in [-0.1, -0.05) is 30.3 Å². The third kappa shape index (κ3) is 5.10. The van der Waals surface area contributed by atoms with E-state index in [1.807, 2.05) is 66.7 Å². The Balaban J connectivity index is 1.17. The molecule has 0 spiro atoms. The minimum absolute atomic E-state index is 0.0305. The van der Waals surface area contributed by atoms with Gasteiger partial charge in [-0.2, -0.15) is 0 Å². The fourth-order valence-corrected chi connectivity index (χ4v) is 4.15. The van der Waals surface area contributed by atoms with Gasteiger partial charge in [-0.15, -0.1) is 10.2 Å². The number of methoxy groups -OCH3 is 1. The first-order valence-electron chi connectivity index (χ1n) is 11.7. The van der Waals surface area contributed by atoms with Crippen LogP contribution < -0.4 is 15.2 Å². The number of benzene rings is 2. The van der Waals surface area contributed by atoms with E-state index in [-0.39, 0.29) is 18.0 Å². The molecule has 3 heterocycles. The smallest absolute Gasteiger partial charge is 0.254 e. The quantitative estimate of drug-likeness (QED) is 0.417. The zero-order valence-electron chi connectivity index (χ0n) is 19.9. The maximum absolute atomic E-state index is 12.8. The van der Waals surface area contributed by atoms with Gasteiger partial charge in [-0.25, -0.2) is 4.98 Å². The van der Waals surface area contributed by atoms with Crippen molar-refractivity contribution >= 4 is 11.7 Å². The van der Waals surface area contributed by atoms with Gasteiger partial charge in [0.25, 0.3) is 5.56 Å². The third-order valence-corrected chi connectivity index (χ3v) is 6.25. The lowest BCUT2D eigenvalue weighted by atomic mass is 10.1. The highest BCUT2D eigenvalue weighted by Gasteiger charge is 2.22. The summed E-state index contributed by atoms with van der Waals surface area (Å²) in [6.07, 6.45) is 1.44. The Kier molecular flexibility index (Phi) is 6.70. The second-order valence-corrected chi connectivity index (χ2v) is 8.48. The Morgan fingerprint density at radius 2 is 1.58 bits per heavy atom. The highest BCUT2D eigenvalue weighted by molar-refractivity contribution is 5.76. The summed E-state index contributed by atoms with van der Waals surface area (Å²) in [6.45, 7) is 2.35. The normalized spacial score (nSPS) is 13.5. The van der Waals surface area contributed by atoms with Crippen LogP contribution in [0, 0.1) is 0 Å². The van der Waals surface area contributed by atoms with E-state index >= 15 is 0 Å². The van der Waals surface area contributed by atoms with Gasteiger partial charge >= 0.3 is 0 Å². The van der Waals surface area contributed by atoms with Crippen molar-refractivity contribution in [1.82, 2.24) is 24.6 Å². The lowest BCUT2D eigenvalue weighted by Crippen LogP contribution is -2.50. The van der Waals surface area contributed by atoms with E-state index in [0.29, 0.717) is 31.9 Å². The number of piperazine rings is 1. The van der Waals surface area contributed by atoms with Gasteiger partial charge < -0.3 is 14.5 Å². The van der Waals surface area contributed by atoms with E-state index in [4.69, 9.17) is 4.74 Å². The molecule has 1 aliphatic heterocycles. The van der Waals surface area contributed by atoms with Crippen molar-refractivity contribution in [2.24, 2.45) is 0 Å². The van der Waals surface area contributed by atoms with Crippen LogP contribution >= 0.6 is 0 Å². The third-order valence-electron chi connectivity index (χ3n) is 6.25. The lowest BCUT2D eigenvalue weighted by Gasteiger charge is -2.35. The minimum Gasteiger partial charge on any atom is -0.497 e. The molecule has 2 aromatic heterocycles. The molecule has 182 valence electrons. The van der Waals surface area contributed by atoms with E-state index in [9.17, 15) is 9.59 Å². The van der Waals surface area contributed by atoms with Crippen LogP contribution in [0.2, 0.25) is 0 Å². The molecule has 1 aliphatic rings. The zero-order chi connectivity index (χ0) is 24.9. The summed E-state index contributed by atoms with van der Waals surface area (Å²) in [5, 5.41) is 8.76. The fourth-order valence-electron chi connectivity index (χ4n) is 4.15. The minimum atomic E-state index is -0.247. The van der Waals surface area contributed by atoms with Crippen molar-refractivity contribution in [1.29, 1.82) is 0 Å². The number of carbonyl (C=O) groups excluding carboxylic acids is 1. The van der Waals surface area contributed by atoms with Crippen molar-refractivity contribution in [3.63, 3.8) is 0 Å². The molecule has 0 bridgehead atoms. The first-order valence-corrected chi connectivity index (χ1v) is 11.7. The molecule has 0 N–H and O–H groups in total. The van der Waals surface area contributed by atoms with E-state index in [1.54, 1.807) is 12.0 Å². The SMILES string of the molecule is COc1ccc(-c2ccc(N3CCN(C(=O)Cn4cnc(-c5ccccc5)cc4=O)CC3)nn2)cc1. The number of rotatable bonds is 6. The van der Waals surface area contributed by atoms with Crippen LogP contribution in [0.1, 0.15) is 0 Å². The Morgan fingerprint density at radius 1 is 0.861 bits per heavy atom. The Hall–Kier alpha value is -4.53. The summed E-state index contributed by atoms with van der Waals surface area (Å²) < 4.78 is 6.55. The fraction of sp³-hybridized carbons (Fsp3) is 0.222. The molecule has 1 saturated heterocycles. The van der Waals surface area contributed by atoms with E-state index in [2.05, 4.69) is 20.1 Å². The average Bonchev–Trinajstić information content (AvgIpc) is 2.95. The molecule has 1 fully saturated rings. The summed E-state index contributed by atoms with van der Waals surface area (Å²) in [7, 11) is 1.64. The average molecular weight is 483 g/mol. The molecule has 9 nitrogen and oxygen atoms in total. The molecule has 2 aromatic carbocycles. The van der Waals surface area contributed by atoms with Crippen LogP contribution in [0.4, 0.5) is 5.82 Å². The highest BCUT2D eigenvalue weighted by atomic mass is 16.5. The molecule has 36 heavy (non-hydrogen) atoms. The summed E-state index contributed by atoms with van der Waals surface area (Å²) in [5.74, 6) is 1.46. The first kappa shape index (κ1) is 23.2. The van der Waals surface area contributed by atoms with E-state index in [0.717, 1.165) is 28.4 Å². The number of nitrogens with zero attached hydrogens (tertiary/aromatic N) is 6. The van der Waals surface area contributed by atoms with Gasteiger partial charge in [0.2, 0.25) is 5.91 Å². The van der Waals surface area contributed by atoms with Crippen molar-refractivity contribution in [2.45, 2.75) is 6.54 Å². The van der Waals surface area contributed by atoms with Crippen LogP contribution in [-0.2, 0) is 11.3 Å². The van der Waals surface area contributed by atoms with Gasteiger partial charge in [0.1, 0.15) is 12.3 Å². The van der Waals surface area contributed by atoms with Gasteiger partial charge in [0.15, 0.2) is 5.82 Å². The molecule has 0 aliphatic carbocycles.